The molecular weight excluding hydrogens is 213 g/mol. The molecule has 2 aromatic rings. The van der Waals surface area contributed by atoms with Gasteiger partial charge in [0.25, 0.3) is 0 Å². The molecule has 0 saturated heterocycles. The van der Waals surface area contributed by atoms with E-state index >= 15 is 0 Å². The topological polar surface area (TPSA) is 66.5 Å². The van der Waals surface area contributed by atoms with E-state index in [2.05, 4.69) is 0 Å². The molecule has 0 aliphatic rings. The van der Waals surface area contributed by atoms with Crippen molar-refractivity contribution in [2.75, 3.05) is 0 Å². The van der Waals surface area contributed by atoms with Crippen LogP contribution in [0.1, 0.15) is 5.56 Å². The molecule has 3 nitrogen and oxygen atoms in total. The highest BCUT2D eigenvalue weighted by Gasteiger charge is 2.16. The van der Waals surface area contributed by atoms with Gasteiger partial charge in [-0.15, -0.1) is 0 Å². The highest BCUT2D eigenvalue weighted by atomic mass is 16.4. The fourth-order valence-electron chi connectivity index (χ4n) is 1.85. The van der Waals surface area contributed by atoms with Gasteiger partial charge in [-0.1, -0.05) is 42.5 Å². The molecule has 0 spiro atoms. The van der Waals surface area contributed by atoms with Gasteiger partial charge in [-0.25, -0.2) is 0 Å². The number of benzene rings is 2. The molecule has 0 atom stereocenters. The number of hydrogen-bond donors (Lipinski definition) is 3. The van der Waals surface area contributed by atoms with E-state index in [-0.39, 0.29) is 0 Å². The van der Waals surface area contributed by atoms with Gasteiger partial charge in [-0.3, -0.25) is 0 Å². The molecule has 0 heterocycles. The van der Waals surface area contributed by atoms with Crippen molar-refractivity contribution in [3.05, 3.63) is 54.1 Å². The molecule has 0 aliphatic carbocycles. The van der Waals surface area contributed by atoms with Gasteiger partial charge in [0.15, 0.2) is 0 Å². The lowest BCUT2D eigenvalue weighted by Gasteiger charge is -2.09. The zero-order chi connectivity index (χ0) is 12.3. The van der Waals surface area contributed by atoms with Crippen molar-refractivity contribution in [1.29, 1.82) is 0 Å². The third kappa shape index (κ3) is 2.56. The Morgan fingerprint density at radius 1 is 1.00 bits per heavy atom. The largest absolute Gasteiger partial charge is 0.489 e. The van der Waals surface area contributed by atoms with Gasteiger partial charge >= 0.3 is 7.12 Å². The standard InChI is InChI=1S/C13H14BNO2/c15-9-10-4-3-5-11(8-10)12-6-1-2-7-13(12)14(16)17/h1-8,16-17H,9,15H2. The second kappa shape index (κ2) is 5.14. The van der Waals surface area contributed by atoms with Gasteiger partial charge in [0.1, 0.15) is 0 Å². The molecular formula is C13H14BNO2. The summed E-state index contributed by atoms with van der Waals surface area (Å²) in [5.41, 5.74) is 8.87. The van der Waals surface area contributed by atoms with E-state index in [0.29, 0.717) is 12.0 Å². The van der Waals surface area contributed by atoms with Gasteiger partial charge in [0.05, 0.1) is 0 Å². The fraction of sp³-hybridized carbons (Fsp3) is 0.0769. The first kappa shape index (κ1) is 11.9. The van der Waals surface area contributed by atoms with E-state index in [1.165, 1.54) is 0 Å². The molecule has 86 valence electrons. The summed E-state index contributed by atoms with van der Waals surface area (Å²) in [5.74, 6) is 0. The minimum Gasteiger partial charge on any atom is -0.423 e. The number of nitrogens with two attached hydrogens (primary N) is 1. The molecule has 0 radical (unpaired) electrons. The molecule has 0 unspecified atom stereocenters. The molecule has 0 aromatic heterocycles. The summed E-state index contributed by atoms with van der Waals surface area (Å²) in [6.07, 6.45) is 0. The normalized spacial score (nSPS) is 10.3. The minimum absolute atomic E-state index is 0.470. The summed E-state index contributed by atoms with van der Waals surface area (Å²) in [5, 5.41) is 18.6. The predicted octanol–water partition coefficient (Wildman–Crippen LogP) is 0.492. The molecule has 0 fully saturated rings. The van der Waals surface area contributed by atoms with E-state index in [0.717, 1.165) is 16.7 Å². The summed E-state index contributed by atoms with van der Waals surface area (Å²) in [7, 11) is -1.47. The second-order valence-electron chi connectivity index (χ2n) is 3.87. The maximum atomic E-state index is 9.32. The summed E-state index contributed by atoms with van der Waals surface area (Å²) in [6.45, 7) is 0.470. The zero-order valence-corrected chi connectivity index (χ0v) is 9.38. The molecule has 0 bridgehead atoms. The lowest BCUT2D eigenvalue weighted by atomic mass is 9.75. The van der Waals surface area contributed by atoms with Crippen LogP contribution in [0, 0.1) is 0 Å². The molecule has 2 rings (SSSR count). The van der Waals surface area contributed by atoms with Gasteiger partial charge in [-0.05, 0) is 28.2 Å². The number of hydrogen-bond acceptors (Lipinski definition) is 3. The highest BCUT2D eigenvalue weighted by molar-refractivity contribution is 6.60. The van der Waals surface area contributed by atoms with Crippen LogP contribution in [0.15, 0.2) is 48.5 Å². The lowest BCUT2D eigenvalue weighted by Crippen LogP contribution is -2.31. The molecule has 0 aliphatic heterocycles. The van der Waals surface area contributed by atoms with Crippen LogP contribution >= 0.6 is 0 Å². The van der Waals surface area contributed by atoms with Crippen molar-refractivity contribution < 1.29 is 10.0 Å². The van der Waals surface area contributed by atoms with Crippen LogP contribution in [-0.4, -0.2) is 17.2 Å². The van der Waals surface area contributed by atoms with Crippen LogP contribution in [0.25, 0.3) is 11.1 Å². The summed E-state index contributed by atoms with van der Waals surface area (Å²) in [4.78, 5) is 0. The van der Waals surface area contributed by atoms with E-state index in [4.69, 9.17) is 5.73 Å². The molecule has 4 heteroatoms. The van der Waals surface area contributed by atoms with Crippen LogP contribution in [0.2, 0.25) is 0 Å². The van der Waals surface area contributed by atoms with Gasteiger partial charge in [0, 0.05) is 6.54 Å². The molecule has 4 N–H and O–H groups in total. The van der Waals surface area contributed by atoms with E-state index in [1.54, 1.807) is 12.1 Å². The van der Waals surface area contributed by atoms with Crippen LogP contribution in [-0.2, 0) is 6.54 Å². The Balaban J connectivity index is 2.52. The Morgan fingerprint density at radius 2 is 1.76 bits per heavy atom. The lowest BCUT2D eigenvalue weighted by molar-refractivity contribution is 0.426. The summed E-state index contributed by atoms with van der Waals surface area (Å²) >= 11 is 0. The monoisotopic (exact) mass is 227 g/mol. The Hall–Kier alpha value is -1.62. The van der Waals surface area contributed by atoms with Crippen molar-refractivity contribution in [3.8, 4) is 11.1 Å². The molecule has 0 saturated carbocycles. The maximum absolute atomic E-state index is 9.32. The predicted molar refractivity (Wildman–Crippen MR) is 69.6 cm³/mol. The van der Waals surface area contributed by atoms with Crippen molar-refractivity contribution in [2.24, 2.45) is 5.73 Å². The average molecular weight is 227 g/mol. The van der Waals surface area contributed by atoms with E-state index < -0.39 is 7.12 Å². The Morgan fingerprint density at radius 3 is 2.47 bits per heavy atom. The van der Waals surface area contributed by atoms with Crippen LogP contribution in [0.5, 0.6) is 0 Å². The average Bonchev–Trinajstić information content (AvgIpc) is 2.39. The second-order valence-corrected chi connectivity index (χ2v) is 3.87. The van der Waals surface area contributed by atoms with Gasteiger partial charge in [0.2, 0.25) is 0 Å². The first-order chi connectivity index (χ1) is 8.22. The van der Waals surface area contributed by atoms with Crippen LogP contribution in [0.3, 0.4) is 0 Å². The van der Waals surface area contributed by atoms with Crippen LogP contribution in [0.4, 0.5) is 0 Å². The quantitative estimate of drug-likeness (QED) is 0.668. The highest BCUT2D eigenvalue weighted by Crippen LogP contribution is 2.18. The van der Waals surface area contributed by atoms with Crippen LogP contribution < -0.4 is 11.2 Å². The van der Waals surface area contributed by atoms with Crippen molar-refractivity contribution in [3.63, 3.8) is 0 Å². The minimum atomic E-state index is -1.47. The smallest absolute Gasteiger partial charge is 0.423 e. The first-order valence-corrected chi connectivity index (χ1v) is 5.47. The van der Waals surface area contributed by atoms with E-state index in [9.17, 15) is 10.0 Å². The third-order valence-corrected chi connectivity index (χ3v) is 2.71. The van der Waals surface area contributed by atoms with Gasteiger partial charge < -0.3 is 15.8 Å². The molecule has 0 amide bonds. The number of rotatable bonds is 3. The van der Waals surface area contributed by atoms with Crippen molar-refractivity contribution in [2.45, 2.75) is 6.54 Å². The fourth-order valence-corrected chi connectivity index (χ4v) is 1.85. The van der Waals surface area contributed by atoms with E-state index in [1.807, 2.05) is 36.4 Å². The SMILES string of the molecule is NCc1cccc(-c2ccccc2B(O)O)c1. The first-order valence-electron chi connectivity index (χ1n) is 5.47. The third-order valence-electron chi connectivity index (χ3n) is 2.71. The Kier molecular flexibility index (Phi) is 3.59. The molecule has 2 aromatic carbocycles. The zero-order valence-electron chi connectivity index (χ0n) is 9.38. The Bertz CT molecular complexity index is 514. The Labute approximate surface area is 101 Å². The van der Waals surface area contributed by atoms with Gasteiger partial charge in [-0.2, -0.15) is 0 Å². The van der Waals surface area contributed by atoms with Crippen molar-refractivity contribution in [1.82, 2.24) is 0 Å². The summed E-state index contributed by atoms with van der Waals surface area (Å²) < 4.78 is 0. The maximum Gasteiger partial charge on any atom is 0.489 e. The summed E-state index contributed by atoms with van der Waals surface area (Å²) in [6, 6.07) is 15.0. The molecule has 17 heavy (non-hydrogen) atoms. The van der Waals surface area contributed by atoms with Crippen molar-refractivity contribution >= 4 is 12.6 Å².